The van der Waals surface area contributed by atoms with Crippen molar-refractivity contribution >= 4 is 12.2 Å². The maximum absolute atomic E-state index is 5.18. The molecule has 0 aromatic carbocycles. The molecule has 0 amide bonds. The second-order valence-corrected chi connectivity index (χ2v) is 4.11. The molecule has 1 N–H and O–H groups in total. The van der Waals surface area contributed by atoms with Gasteiger partial charge in [-0.1, -0.05) is 6.92 Å². The monoisotopic (exact) mass is 237 g/mol. The van der Waals surface area contributed by atoms with Gasteiger partial charge in [0, 0.05) is 26.2 Å². The predicted octanol–water partition coefficient (Wildman–Crippen LogP) is 1.48. The van der Waals surface area contributed by atoms with Crippen LogP contribution in [0.5, 0.6) is 0 Å². The molecular formula is C10H15N5S. The van der Waals surface area contributed by atoms with Gasteiger partial charge in [0.1, 0.15) is 5.82 Å². The van der Waals surface area contributed by atoms with Crippen molar-refractivity contribution < 1.29 is 0 Å². The molecule has 0 saturated carbocycles. The second-order valence-electron chi connectivity index (χ2n) is 3.72. The molecule has 0 spiro atoms. The zero-order chi connectivity index (χ0) is 11.5. The van der Waals surface area contributed by atoms with E-state index < -0.39 is 0 Å². The SMILES string of the molecule is CCc1n[nH]c(=S)n1CCc1cnn(C)c1. The van der Waals surface area contributed by atoms with Crippen LogP contribution < -0.4 is 0 Å². The minimum atomic E-state index is 0.695. The van der Waals surface area contributed by atoms with E-state index in [1.165, 1.54) is 5.56 Å². The first-order valence-electron chi connectivity index (χ1n) is 5.32. The molecule has 0 fully saturated rings. The fourth-order valence-corrected chi connectivity index (χ4v) is 1.93. The van der Waals surface area contributed by atoms with Crippen LogP contribution in [-0.2, 0) is 26.4 Å². The lowest BCUT2D eigenvalue weighted by Gasteiger charge is -2.03. The van der Waals surface area contributed by atoms with E-state index in [0.29, 0.717) is 4.77 Å². The molecule has 0 aliphatic heterocycles. The summed E-state index contributed by atoms with van der Waals surface area (Å²) in [5.41, 5.74) is 1.22. The molecule has 2 aromatic heterocycles. The first-order valence-corrected chi connectivity index (χ1v) is 5.73. The molecule has 0 radical (unpaired) electrons. The Kier molecular flexibility index (Phi) is 3.19. The summed E-state index contributed by atoms with van der Waals surface area (Å²) < 4.78 is 4.55. The highest BCUT2D eigenvalue weighted by Gasteiger charge is 2.04. The van der Waals surface area contributed by atoms with Crippen molar-refractivity contribution in [3.05, 3.63) is 28.6 Å². The van der Waals surface area contributed by atoms with Gasteiger partial charge < -0.3 is 4.57 Å². The summed E-state index contributed by atoms with van der Waals surface area (Å²) in [5, 5.41) is 11.1. The van der Waals surface area contributed by atoms with Crippen LogP contribution in [0, 0.1) is 4.77 Å². The fraction of sp³-hybridized carbons (Fsp3) is 0.500. The van der Waals surface area contributed by atoms with Gasteiger partial charge >= 0.3 is 0 Å². The standard InChI is InChI=1S/C10H15N5S/c1-3-9-12-13-10(16)15(9)5-4-8-6-11-14(2)7-8/h6-7H,3-5H2,1-2H3,(H,13,16). The molecule has 2 aromatic rings. The smallest absolute Gasteiger partial charge is 0.195 e. The largest absolute Gasteiger partial charge is 0.304 e. The van der Waals surface area contributed by atoms with E-state index in [-0.39, 0.29) is 0 Å². The Hall–Kier alpha value is -1.43. The van der Waals surface area contributed by atoms with E-state index in [4.69, 9.17) is 12.2 Å². The third-order valence-corrected chi connectivity index (χ3v) is 2.85. The molecule has 16 heavy (non-hydrogen) atoms. The number of aromatic nitrogens is 5. The van der Waals surface area contributed by atoms with Crippen molar-refractivity contribution in [2.75, 3.05) is 0 Å². The van der Waals surface area contributed by atoms with Crippen molar-refractivity contribution in [2.24, 2.45) is 7.05 Å². The summed E-state index contributed by atoms with van der Waals surface area (Å²) >= 11 is 5.18. The van der Waals surface area contributed by atoms with Crippen LogP contribution in [0.3, 0.4) is 0 Å². The number of hydrogen-bond donors (Lipinski definition) is 1. The molecular weight excluding hydrogens is 222 g/mol. The Morgan fingerprint density at radius 2 is 2.31 bits per heavy atom. The van der Waals surface area contributed by atoms with E-state index in [1.807, 2.05) is 28.7 Å². The molecule has 0 bridgehead atoms. The average molecular weight is 237 g/mol. The fourth-order valence-electron chi connectivity index (χ4n) is 1.69. The Labute approximate surface area is 99.1 Å². The van der Waals surface area contributed by atoms with E-state index in [0.717, 1.165) is 25.2 Å². The van der Waals surface area contributed by atoms with Gasteiger partial charge in [-0.05, 0) is 24.2 Å². The molecule has 2 rings (SSSR count). The van der Waals surface area contributed by atoms with Crippen molar-refractivity contribution in [1.82, 2.24) is 24.5 Å². The van der Waals surface area contributed by atoms with Gasteiger partial charge in [-0.3, -0.25) is 9.78 Å². The van der Waals surface area contributed by atoms with Crippen LogP contribution in [0.25, 0.3) is 0 Å². The Morgan fingerprint density at radius 1 is 1.50 bits per heavy atom. The van der Waals surface area contributed by atoms with Crippen LogP contribution in [-0.4, -0.2) is 24.5 Å². The summed E-state index contributed by atoms with van der Waals surface area (Å²) in [6, 6.07) is 0. The third kappa shape index (κ3) is 2.21. The van der Waals surface area contributed by atoms with Gasteiger partial charge in [-0.15, -0.1) is 0 Å². The van der Waals surface area contributed by atoms with E-state index >= 15 is 0 Å². The minimum absolute atomic E-state index is 0.695. The molecule has 6 heteroatoms. The number of hydrogen-bond acceptors (Lipinski definition) is 3. The first kappa shape index (κ1) is 11.1. The number of aromatic amines is 1. The van der Waals surface area contributed by atoms with Gasteiger partial charge in [0.15, 0.2) is 4.77 Å². The van der Waals surface area contributed by atoms with Crippen molar-refractivity contribution in [1.29, 1.82) is 0 Å². The summed E-state index contributed by atoms with van der Waals surface area (Å²) in [4.78, 5) is 0. The molecule has 0 unspecified atom stereocenters. The van der Waals surface area contributed by atoms with E-state index in [9.17, 15) is 0 Å². The highest BCUT2D eigenvalue weighted by atomic mass is 32.1. The van der Waals surface area contributed by atoms with Crippen molar-refractivity contribution in [2.45, 2.75) is 26.3 Å². The summed E-state index contributed by atoms with van der Waals surface area (Å²) in [6.07, 6.45) is 5.72. The Balaban J connectivity index is 2.09. The molecule has 0 aliphatic rings. The molecule has 2 heterocycles. The van der Waals surface area contributed by atoms with Crippen LogP contribution in [0.2, 0.25) is 0 Å². The zero-order valence-electron chi connectivity index (χ0n) is 9.47. The normalized spacial score (nSPS) is 10.9. The molecule has 0 aliphatic carbocycles. The van der Waals surface area contributed by atoms with Gasteiger partial charge in [0.2, 0.25) is 0 Å². The molecule has 86 valence electrons. The quantitative estimate of drug-likeness (QED) is 0.819. The van der Waals surface area contributed by atoms with Crippen molar-refractivity contribution in [3.63, 3.8) is 0 Å². The van der Waals surface area contributed by atoms with Gasteiger partial charge in [-0.2, -0.15) is 10.2 Å². The Morgan fingerprint density at radius 3 is 2.94 bits per heavy atom. The average Bonchev–Trinajstić information content (AvgIpc) is 2.82. The third-order valence-electron chi connectivity index (χ3n) is 2.54. The van der Waals surface area contributed by atoms with E-state index in [1.54, 1.807) is 0 Å². The lowest BCUT2D eigenvalue weighted by Crippen LogP contribution is -2.05. The van der Waals surface area contributed by atoms with Crippen LogP contribution >= 0.6 is 12.2 Å². The number of nitrogens with one attached hydrogen (secondary N) is 1. The Bertz CT molecular complexity index is 521. The molecule has 0 saturated heterocycles. The van der Waals surface area contributed by atoms with Crippen LogP contribution in [0.1, 0.15) is 18.3 Å². The number of rotatable bonds is 4. The first-order chi connectivity index (χ1) is 7.70. The minimum Gasteiger partial charge on any atom is -0.304 e. The topological polar surface area (TPSA) is 51.4 Å². The maximum Gasteiger partial charge on any atom is 0.195 e. The van der Waals surface area contributed by atoms with E-state index in [2.05, 4.69) is 22.2 Å². The number of aryl methyl sites for hydroxylation is 3. The lowest BCUT2D eigenvalue weighted by atomic mass is 10.2. The maximum atomic E-state index is 5.18. The summed E-state index contributed by atoms with van der Waals surface area (Å²) in [5.74, 6) is 1.01. The van der Waals surface area contributed by atoms with Crippen molar-refractivity contribution in [3.8, 4) is 0 Å². The van der Waals surface area contributed by atoms with Crippen LogP contribution in [0.15, 0.2) is 12.4 Å². The van der Waals surface area contributed by atoms with Crippen LogP contribution in [0.4, 0.5) is 0 Å². The number of H-pyrrole nitrogens is 1. The highest BCUT2D eigenvalue weighted by molar-refractivity contribution is 7.71. The summed E-state index contributed by atoms with van der Waals surface area (Å²) in [7, 11) is 1.92. The lowest BCUT2D eigenvalue weighted by molar-refractivity contribution is 0.648. The van der Waals surface area contributed by atoms with Gasteiger partial charge in [-0.25, -0.2) is 0 Å². The van der Waals surface area contributed by atoms with Gasteiger partial charge in [0.05, 0.1) is 6.20 Å². The summed E-state index contributed by atoms with van der Waals surface area (Å²) in [6.45, 7) is 2.93. The molecule has 0 atom stereocenters. The second kappa shape index (κ2) is 4.61. The number of nitrogens with zero attached hydrogens (tertiary/aromatic N) is 4. The highest BCUT2D eigenvalue weighted by Crippen LogP contribution is 2.04. The zero-order valence-corrected chi connectivity index (χ0v) is 10.3. The molecule has 5 nitrogen and oxygen atoms in total. The predicted molar refractivity (Wildman–Crippen MR) is 63.7 cm³/mol. The van der Waals surface area contributed by atoms with Gasteiger partial charge in [0.25, 0.3) is 0 Å².